The normalized spacial score (nSPS) is 12.3. The van der Waals surface area contributed by atoms with Crippen molar-refractivity contribution in [2.75, 3.05) is 0 Å². The number of hydrogen-bond acceptors (Lipinski definition) is 2. The number of nitrogens with two attached hydrogens (primary N) is 1. The summed E-state index contributed by atoms with van der Waals surface area (Å²) in [6.45, 7) is 4.08. The van der Waals surface area contributed by atoms with E-state index >= 15 is 0 Å². The van der Waals surface area contributed by atoms with Crippen molar-refractivity contribution in [1.82, 2.24) is 0 Å². The number of phenols is 1. The highest BCUT2D eigenvalue weighted by Crippen LogP contribution is 2.23. The molecule has 2 nitrogen and oxygen atoms in total. The monoisotopic (exact) mass is 233 g/mol. The number of hydrogen-bond donors (Lipinski definition) is 2. The highest BCUT2D eigenvalue weighted by molar-refractivity contribution is 5.85. The van der Waals surface area contributed by atoms with Crippen LogP contribution in [0.15, 0.2) is 18.2 Å². The van der Waals surface area contributed by atoms with E-state index in [9.17, 15) is 4.39 Å². The maximum atomic E-state index is 13.3. The number of benzene rings is 1. The van der Waals surface area contributed by atoms with Crippen LogP contribution in [-0.2, 0) is 0 Å². The SMILES string of the molecule is CC(C)C[C@@H](N)c1ccc(O)cc1F.Cl. The van der Waals surface area contributed by atoms with Gasteiger partial charge in [-0.1, -0.05) is 19.9 Å². The molecule has 1 rings (SSSR count). The van der Waals surface area contributed by atoms with E-state index < -0.39 is 5.82 Å². The molecule has 0 unspecified atom stereocenters. The molecule has 0 aliphatic heterocycles. The summed E-state index contributed by atoms with van der Waals surface area (Å²) in [5, 5.41) is 9.02. The molecule has 3 N–H and O–H groups in total. The first-order valence-corrected chi connectivity index (χ1v) is 4.74. The first-order valence-electron chi connectivity index (χ1n) is 4.74. The lowest BCUT2D eigenvalue weighted by Gasteiger charge is -2.15. The number of halogens is 2. The average Bonchev–Trinajstić information content (AvgIpc) is 2.01. The number of rotatable bonds is 3. The quantitative estimate of drug-likeness (QED) is 0.843. The van der Waals surface area contributed by atoms with Gasteiger partial charge in [0.25, 0.3) is 0 Å². The first-order chi connectivity index (χ1) is 6.50. The third-order valence-corrected chi connectivity index (χ3v) is 2.11. The smallest absolute Gasteiger partial charge is 0.131 e. The summed E-state index contributed by atoms with van der Waals surface area (Å²) in [7, 11) is 0. The molecular weight excluding hydrogens is 217 g/mol. The van der Waals surface area contributed by atoms with Crippen molar-refractivity contribution in [2.24, 2.45) is 11.7 Å². The van der Waals surface area contributed by atoms with E-state index in [2.05, 4.69) is 0 Å². The topological polar surface area (TPSA) is 46.2 Å². The van der Waals surface area contributed by atoms with Gasteiger partial charge in [0.2, 0.25) is 0 Å². The zero-order valence-electron chi connectivity index (χ0n) is 8.90. The van der Waals surface area contributed by atoms with E-state index in [1.165, 1.54) is 12.1 Å². The molecule has 0 spiro atoms. The lowest BCUT2D eigenvalue weighted by molar-refractivity contribution is 0.459. The Morgan fingerprint density at radius 3 is 2.47 bits per heavy atom. The fourth-order valence-electron chi connectivity index (χ4n) is 1.45. The van der Waals surface area contributed by atoms with Gasteiger partial charge in [-0.15, -0.1) is 12.4 Å². The van der Waals surface area contributed by atoms with Crippen LogP contribution in [0.1, 0.15) is 31.9 Å². The zero-order valence-corrected chi connectivity index (χ0v) is 9.72. The molecule has 0 radical (unpaired) electrons. The van der Waals surface area contributed by atoms with Gasteiger partial charge in [-0.2, -0.15) is 0 Å². The Hall–Kier alpha value is -0.800. The molecule has 1 atom stereocenters. The van der Waals surface area contributed by atoms with Gasteiger partial charge in [-0.05, 0) is 18.4 Å². The van der Waals surface area contributed by atoms with Gasteiger partial charge in [-0.25, -0.2) is 4.39 Å². The predicted molar refractivity (Wildman–Crippen MR) is 61.7 cm³/mol. The molecule has 4 heteroatoms. The Morgan fingerprint density at radius 2 is 2.00 bits per heavy atom. The molecule has 0 fully saturated rings. The van der Waals surface area contributed by atoms with Gasteiger partial charge < -0.3 is 10.8 Å². The Kier molecular flexibility index (Phi) is 5.61. The third-order valence-electron chi connectivity index (χ3n) is 2.11. The molecule has 0 aromatic heterocycles. The van der Waals surface area contributed by atoms with Crippen LogP contribution in [-0.4, -0.2) is 5.11 Å². The molecule has 0 aliphatic rings. The lowest BCUT2D eigenvalue weighted by atomic mass is 9.97. The van der Waals surface area contributed by atoms with E-state index in [1.807, 2.05) is 13.8 Å². The second kappa shape index (κ2) is 5.93. The lowest BCUT2D eigenvalue weighted by Crippen LogP contribution is -2.14. The maximum absolute atomic E-state index is 13.3. The number of aromatic hydroxyl groups is 1. The standard InChI is InChI=1S/C11H16FNO.ClH/c1-7(2)5-11(13)9-4-3-8(14)6-10(9)12;/h3-4,6-7,11,14H,5,13H2,1-2H3;1H/t11-;/m1./s1. The van der Waals surface area contributed by atoms with E-state index in [-0.39, 0.29) is 24.2 Å². The fourth-order valence-corrected chi connectivity index (χ4v) is 1.45. The van der Waals surface area contributed by atoms with Crippen molar-refractivity contribution < 1.29 is 9.50 Å². The summed E-state index contributed by atoms with van der Waals surface area (Å²) < 4.78 is 13.3. The molecule has 1 aromatic carbocycles. The van der Waals surface area contributed by atoms with Crippen LogP contribution in [0.25, 0.3) is 0 Å². The van der Waals surface area contributed by atoms with Crippen LogP contribution < -0.4 is 5.73 Å². The van der Waals surface area contributed by atoms with Gasteiger partial charge in [0.1, 0.15) is 11.6 Å². The number of phenolic OH excluding ortho intramolecular Hbond substituents is 1. The van der Waals surface area contributed by atoms with Crippen LogP contribution in [0.2, 0.25) is 0 Å². The van der Waals surface area contributed by atoms with E-state index in [0.717, 1.165) is 12.5 Å². The van der Waals surface area contributed by atoms with E-state index in [4.69, 9.17) is 10.8 Å². The summed E-state index contributed by atoms with van der Waals surface area (Å²) in [5.74, 6) is -0.0700. The maximum Gasteiger partial charge on any atom is 0.131 e. The third kappa shape index (κ3) is 4.06. The van der Waals surface area contributed by atoms with Gasteiger partial charge in [0.05, 0.1) is 0 Å². The zero-order chi connectivity index (χ0) is 10.7. The highest BCUT2D eigenvalue weighted by atomic mass is 35.5. The molecule has 0 amide bonds. The summed E-state index contributed by atoms with van der Waals surface area (Å²) in [6.07, 6.45) is 0.738. The van der Waals surface area contributed by atoms with E-state index in [1.54, 1.807) is 0 Å². The molecule has 15 heavy (non-hydrogen) atoms. The molecule has 0 saturated heterocycles. The van der Waals surface area contributed by atoms with Gasteiger partial charge in [-0.3, -0.25) is 0 Å². The molecule has 1 aromatic rings. The first kappa shape index (κ1) is 14.2. The second-order valence-electron chi connectivity index (χ2n) is 3.94. The van der Waals surface area contributed by atoms with Crippen molar-refractivity contribution in [3.05, 3.63) is 29.6 Å². The van der Waals surface area contributed by atoms with Crippen molar-refractivity contribution in [2.45, 2.75) is 26.3 Å². The van der Waals surface area contributed by atoms with Crippen LogP contribution in [0.4, 0.5) is 4.39 Å². The van der Waals surface area contributed by atoms with Crippen molar-refractivity contribution in [3.8, 4) is 5.75 Å². The minimum absolute atomic E-state index is 0. The largest absolute Gasteiger partial charge is 0.508 e. The summed E-state index contributed by atoms with van der Waals surface area (Å²) in [5.41, 5.74) is 6.29. The Morgan fingerprint density at radius 1 is 1.40 bits per heavy atom. The summed E-state index contributed by atoms with van der Waals surface area (Å²) >= 11 is 0. The predicted octanol–water partition coefficient (Wildman–Crippen LogP) is 3.00. The van der Waals surface area contributed by atoms with Crippen molar-refractivity contribution in [3.63, 3.8) is 0 Å². The van der Waals surface area contributed by atoms with Crippen molar-refractivity contribution in [1.29, 1.82) is 0 Å². The van der Waals surface area contributed by atoms with Gasteiger partial charge in [0, 0.05) is 17.7 Å². The van der Waals surface area contributed by atoms with Crippen LogP contribution >= 0.6 is 12.4 Å². The van der Waals surface area contributed by atoms with Crippen molar-refractivity contribution >= 4 is 12.4 Å². The Bertz CT molecular complexity index is 317. The molecule has 0 aliphatic carbocycles. The minimum Gasteiger partial charge on any atom is -0.508 e. The molecule has 0 bridgehead atoms. The Balaban J connectivity index is 0.00000196. The highest BCUT2D eigenvalue weighted by Gasteiger charge is 2.12. The van der Waals surface area contributed by atoms with Crippen LogP contribution in [0, 0.1) is 11.7 Å². The Labute approximate surface area is 95.7 Å². The molecule has 86 valence electrons. The average molecular weight is 234 g/mol. The molecule has 0 saturated carbocycles. The summed E-state index contributed by atoms with van der Waals surface area (Å²) in [4.78, 5) is 0. The van der Waals surface area contributed by atoms with Gasteiger partial charge in [0.15, 0.2) is 0 Å². The van der Waals surface area contributed by atoms with Crippen LogP contribution in [0.3, 0.4) is 0 Å². The van der Waals surface area contributed by atoms with E-state index in [0.29, 0.717) is 11.5 Å². The fraction of sp³-hybridized carbons (Fsp3) is 0.455. The van der Waals surface area contributed by atoms with Crippen LogP contribution in [0.5, 0.6) is 5.75 Å². The second-order valence-corrected chi connectivity index (χ2v) is 3.94. The summed E-state index contributed by atoms with van der Waals surface area (Å²) in [6, 6.07) is 3.79. The molecular formula is C11H17ClFNO. The minimum atomic E-state index is -0.432. The molecule has 0 heterocycles. The van der Waals surface area contributed by atoms with Gasteiger partial charge >= 0.3 is 0 Å².